The fraction of sp³-hybridized carbons (Fsp3) is 0.300. The molecule has 0 aromatic carbocycles. The molecule has 16 heavy (non-hydrogen) atoms. The summed E-state index contributed by atoms with van der Waals surface area (Å²) < 4.78 is 11.8. The Bertz CT molecular complexity index is 451. The van der Waals surface area contributed by atoms with Crippen molar-refractivity contribution in [3.63, 3.8) is 0 Å². The van der Waals surface area contributed by atoms with Crippen molar-refractivity contribution in [2.45, 2.75) is 19.4 Å². The van der Waals surface area contributed by atoms with Crippen LogP contribution in [0.2, 0.25) is 0 Å². The van der Waals surface area contributed by atoms with Crippen LogP contribution in [0.1, 0.15) is 23.5 Å². The maximum atomic E-state index is 10.7. The van der Waals surface area contributed by atoms with Crippen LogP contribution in [-0.4, -0.2) is 23.8 Å². The SMILES string of the molecule is C=C1OB(c2ccc(C(=O)O)s2)OC1(C)C. The van der Waals surface area contributed by atoms with Crippen molar-refractivity contribution in [2.24, 2.45) is 0 Å². The van der Waals surface area contributed by atoms with Gasteiger partial charge in [0.1, 0.15) is 10.5 Å². The first kappa shape index (κ1) is 11.2. The number of carbonyl (C=O) groups is 1. The van der Waals surface area contributed by atoms with Crippen LogP contribution < -0.4 is 4.78 Å². The van der Waals surface area contributed by atoms with Gasteiger partial charge in [-0.15, -0.1) is 11.3 Å². The fourth-order valence-corrected chi connectivity index (χ4v) is 2.14. The van der Waals surface area contributed by atoms with Crippen LogP contribution in [-0.2, 0) is 9.31 Å². The normalized spacial score (nSPS) is 18.6. The summed E-state index contributed by atoms with van der Waals surface area (Å²) in [6.07, 6.45) is 0. The van der Waals surface area contributed by atoms with Crippen LogP contribution in [0, 0.1) is 0 Å². The number of carboxylic acid groups (broad SMARTS) is 1. The van der Waals surface area contributed by atoms with Crippen LogP contribution >= 0.6 is 11.3 Å². The summed E-state index contributed by atoms with van der Waals surface area (Å²) in [5.74, 6) is -0.380. The van der Waals surface area contributed by atoms with Gasteiger partial charge in [0.05, 0.1) is 10.5 Å². The molecule has 1 aliphatic rings. The van der Waals surface area contributed by atoms with E-state index in [0.29, 0.717) is 5.76 Å². The van der Waals surface area contributed by atoms with Gasteiger partial charge < -0.3 is 14.4 Å². The second-order valence-corrected chi connectivity index (χ2v) is 5.12. The summed E-state index contributed by atoms with van der Waals surface area (Å²) in [6.45, 7) is 7.49. The van der Waals surface area contributed by atoms with Crippen molar-refractivity contribution in [3.8, 4) is 0 Å². The summed E-state index contributed by atoms with van der Waals surface area (Å²) in [4.78, 5) is 11.0. The Morgan fingerprint density at radius 2 is 2.25 bits per heavy atom. The molecule has 4 nitrogen and oxygen atoms in total. The molecule has 1 aromatic rings. The first-order valence-electron chi connectivity index (χ1n) is 4.77. The zero-order valence-corrected chi connectivity index (χ0v) is 9.84. The van der Waals surface area contributed by atoms with Gasteiger partial charge in [-0.3, -0.25) is 0 Å². The molecule has 1 N–H and O–H groups in total. The van der Waals surface area contributed by atoms with Crippen LogP contribution in [0.25, 0.3) is 0 Å². The summed E-state index contributed by atoms with van der Waals surface area (Å²) in [6, 6.07) is 3.25. The molecule has 0 radical (unpaired) electrons. The zero-order chi connectivity index (χ0) is 11.9. The molecule has 0 aliphatic carbocycles. The molecule has 1 fully saturated rings. The average molecular weight is 238 g/mol. The van der Waals surface area contributed by atoms with Crippen LogP contribution in [0.5, 0.6) is 0 Å². The minimum Gasteiger partial charge on any atom is -0.533 e. The van der Waals surface area contributed by atoms with E-state index in [1.807, 2.05) is 13.8 Å². The fourth-order valence-electron chi connectivity index (χ4n) is 1.34. The molecular formula is C10H11BO4S. The standard InChI is InChI=1S/C10H11BO4S/c1-6-10(2,3)15-11(14-6)8-5-4-7(16-8)9(12)13/h4-5H,1H2,2-3H3,(H,12,13). The molecule has 1 saturated heterocycles. The average Bonchev–Trinajstić information content (AvgIpc) is 2.72. The highest BCUT2D eigenvalue weighted by atomic mass is 32.1. The van der Waals surface area contributed by atoms with Gasteiger partial charge in [0.15, 0.2) is 0 Å². The second kappa shape index (κ2) is 3.64. The highest BCUT2D eigenvalue weighted by molar-refractivity contribution is 7.23. The summed E-state index contributed by atoms with van der Waals surface area (Å²) in [5.41, 5.74) is -0.530. The lowest BCUT2D eigenvalue weighted by atomic mass is 9.88. The van der Waals surface area contributed by atoms with Crippen molar-refractivity contribution in [3.05, 3.63) is 29.3 Å². The van der Waals surface area contributed by atoms with E-state index >= 15 is 0 Å². The minimum atomic E-state index is -0.938. The van der Waals surface area contributed by atoms with Gasteiger partial charge in [-0.25, -0.2) is 4.79 Å². The molecule has 1 aliphatic heterocycles. The number of aromatic carboxylic acids is 1. The van der Waals surface area contributed by atoms with Crippen molar-refractivity contribution in [2.75, 3.05) is 0 Å². The van der Waals surface area contributed by atoms with Crippen LogP contribution in [0.15, 0.2) is 24.5 Å². The first-order valence-corrected chi connectivity index (χ1v) is 5.59. The van der Waals surface area contributed by atoms with Gasteiger partial charge in [-0.2, -0.15) is 0 Å². The molecule has 0 atom stereocenters. The Morgan fingerprint density at radius 1 is 1.56 bits per heavy atom. The lowest BCUT2D eigenvalue weighted by molar-refractivity contribution is 0.0702. The molecule has 2 rings (SSSR count). The molecular weight excluding hydrogens is 227 g/mol. The Kier molecular flexibility index (Phi) is 2.55. The van der Waals surface area contributed by atoms with E-state index in [1.54, 1.807) is 12.1 Å². The molecule has 0 amide bonds. The number of hydrogen-bond donors (Lipinski definition) is 1. The predicted molar refractivity (Wildman–Crippen MR) is 62.1 cm³/mol. The Labute approximate surface area is 97.6 Å². The third kappa shape index (κ3) is 1.86. The Balaban J connectivity index is 2.20. The largest absolute Gasteiger partial charge is 0.574 e. The van der Waals surface area contributed by atoms with E-state index in [2.05, 4.69) is 6.58 Å². The van der Waals surface area contributed by atoms with Crippen molar-refractivity contribution in [1.82, 2.24) is 0 Å². The topological polar surface area (TPSA) is 55.8 Å². The van der Waals surface area contributed by atoms with Crippen LogP contribution in [0.4, 0.5) is 0 Å². The van der Waals surface area contributed by atoms with E-state index in [1.165, 1.54) is 0 Å². The summed E-state index contributed by atoms with van der Waals surface area (Å²) in [5, 5.41) is 8.81. The predicted octanol–water partition coefficient (Wildman–Crippen LogP) is 1.48. The summed E-state index contributed by atoms with van der Waals surface area (Å²) in [7, 11) is -0.541. The molecule has 6 heteroatoms. The number of rotatable bonds is 2. The third-order valence-corrected chi connectivity index (χ3v) is 3.49. The number of carboxylic acids is 1. The number of hydrogen-bond acceptors (Lipinski definition) is 4. The maximum absolute atomic E-state index is 10.7. The van der Waals surface area contributed by atoms with Crippen molar-refractivity contribution >= 4 is 29.2 Å². The smallest absolute Gasteiger partial charge is 0.533 e. The van der Waals surface area contributed by atoms with Gasteiger partial charge in [0, 0.05) is 0 Å². The van der Waals surface area contributed by atoms with E-state index in [-0.39, 0.29) is 4.88 Å². The molecule has 1 aromatic heterocycles. The Morgan fingerprint density at radius 3 is 2.69 bits per heavy atom. The summed E-state index contributed by atoms with van der Waals surface area (Å²) >= 11 is 1.15. The Hall–Kier alpha value is -1.27. The van der Waals surface area contributed by atoms with Gasteiger partial charge in [0.25, 0.3) is 0 Å². The third-order valence-electron chi connectivity index (χ3n) is 2.39. The van der Waals surface area contributed by atoms with Gasteiger partial charge in [-0.1, -0.05) is 6.58 Å². The van der Waals surface area contributed by atoms with E-state index in [0.717, 1.165) is 16.1 Å². The van der Waals surface area contributed by atoms with Gasteiger partial charge in [0.2, 0.25) is 0 Å². The molecule has 84 valence electrons. The lowest BCUT2D eigenvalue weighted by Crippen LogP contribution is -2.32. The zero-order valence-electron chi connectivity index (χ0n) is 9.02. The molecule has 0 spiro atoms. The van der Waals surface area contributed by atoms with Gasteiger partial charge >= 0.3 is 13.1 Å². The highest BCUT2D eigenvalue weighted by Crippen LogP contribution is 2.29. The maximum Gasteiger partial charge on any atom is 0.574 e. The number of thiophene rings is 1. The lowest BCUT2D eigenvalue weighted by Gasteiger charge is -2.15. The molecule has 2 heterocycles. The van der Waals surface area contributed by atoms with Crippen molar-refractivity contribution < 1.29 is 19.2 Å². The van der Waals surface area contributed by atoms with E-state index < -0.39 is 18.7 Å². The molecule has 0 saturated carbocycles. The van der Waals surface area contributed by atoms with Crippen LogP contribution in [0.3, 0.4) is 0 Å². The van der Waals surface area contributed by atoms with Crippen molar-refractivity contribution in [1.29, 1.82) is 0 Å². The highest BCUT2D eigenvalue weighted by Gasteiger charge is 2.43. The molecule has 0 unspecified atom stereocenters. The monoisotopic (exact) mass is 238 g/mol. The minimum absolute atomic E-state index is 0.275. The quantitative estimate of drug-likeness (QED) is 0.793. The van der Waals surface area contributed by atoms with E-state index in [4.69, 9.17) is 14.4 Å². The molecule has 0 bridgehead atoms. The van der Waals surface area contributed by atoms with E-state index in [9.17, 15) is 4.79 Å². The first-order chi connectivity index (χ1) is 7.40. The van der Waals surface area contributed by atoms with Gasteiger partial charge in [-0.05, 0) is 26.0 Å². The second-order valence-electron chi connectivity index (χ2n) is 4.01.